The Morgan fingerprint density at radius 2 is 1.61 bits per heavy atom. The molecule has 0 bridgehead atoms. The van der Waals surface area contributed by atoms with Gasteiger partial charge in [-0.15, -0.1) is 0 Å². The van der Waals surface area contributed by atoms with Crippen LogP contribution in [0.15, 0.2) is 76.4 Å². The van der Waals surface area contributed by atoms with Gasteiger partial charge in [0.15, 0.2) is 6.29 Å². The van der Waals surface area contributed by atoms with Gasteiger partial charge < -0.3 is 14.2 Å². The zero-order chi connectivity index (χ0) is 22.9. The van der Waals surface area contributed by atoms with Crippen molar-refractivity contribution < 1.29 is 19.0 Å². The van der Waals surface area contributed by atoms with E-state index in [1.807, 2.05) is 52.9 Å². The standard InChI is InChI=1S/C24H21IN2O6/c25-18-12-26(24(30)27(22(18)29)21(28)15-7-3-1-4-8-15)17-11-19-20(31-13-17)14-32-23(33-19)16-9-5-2-6-10-16/h1-10,12,17,19-20,23H,11,13-14H2/t17-,19-,20+,23?/m0/s1. The quantitative estimate of drug-likeness (QED) is 0.458. The summed E-state index contributed by atoms with van der Waals surface area (Å²) in [4.78, 5) is 39.0. The van der Waals surface area contributed by atoms with Crippen LogP contribution in [-0.4, -0.2) is 40.5 Å². The number of benzene rings is 2. The number of carbonyl (C=O) groups is 1. The van der Waals surface area contributed by atoms with E-state index in [2.05, 4.69) is 0 Å². The highest BCUT2D eigenvalue weighted by molar-refractivity contribution is 14.1. The van der Waals surface area contributed by atoms with Crippen molar-refractivity contribution in [3.05, 3.63) is 102 Å². The van der Waals surface area contributed by atoms with E-state index in [1.165, 1.54) is 10.8 Å². The van der Waals surface area contributed by atoms with Gasteiger partial charge in [0, 0.05) is 17.3 Å². The number of fused-ring (bicyclic) bond motifs is 1. The molecule has 2 saturated heterocycles. The first-order valence-electron chi connectivity index (χ1n) is 10.6. The van der Waals surface area contributed by atoms with Crippen LogP contribution in [0.2, 0.25) is 0 Å². The van der Waals surface area contributed by atoms with Gasteiger partial charge in [0.1, 0.15) is 6.10 Å². The van der Waals surface area contributed by atoms with Crippen LogP contribution in [0, 0.1) is 3.57 Å². The molecule has 0 saturated carbocycles. The molecular formula is C24H21IN2O6. The van der Waals surface area contributed by atoms with Crippen molar-refractivity contribution >= 4 is 28.5 Å². The number of nitrogens with zero attached hydrogens (tertiary/aromatic N) is 2. The summed E-state index contributed by atoms with van der Waals surface area (Å²) in [6.45, 7) is 0.632. The molecule has 3 aromatic rings. The van der Waals surface area contributed by atoms with Gasteiger partial charge in [-0.2, -0.15) is 4.57 Å². The maximum absolute atomic E-state index is 13.3. The summed E-state index contributed by atoms with van der Waals surface area (Å²) in [5, 5.41) is 0. The van der Waals surface area contributed by atoms with Crippen molar-refractivity contribution in [2.75, 3.05) is 13.2 Å². The first-order valence-corrected chi connectivity index (χ1v) is 11.7. The molecular weight excluding hydrogens is 539 g/mol. The predicted molar refractivity (Wildman–Crippen MR) is 127 cm³/mol. The van der Waals surface area contributed by atoms with Crippen LogP contribution in [0.3, 0.4) is 0 Å². The zero-order valence-corrected chi connectivity index (χ0v) is 19.7. The SMILES string of the molecule is O=C(c1ccccc1)n1c(=O)c(I)cn([C@@H]2CO[C@@H]3COC(c4ccccc4)O[C@H]3C2)c1=O. The number of aromatic nitrogens is 2. The average molecular weight is 560 g/mol. The van der Waals surface area contributed by atoms with Gasteiger partial charge in [-0.3, -0.25) is 14.2 Å². The van der Waals surface area contributed by atoms with Crippen molar-refractivity contribution in [1.82, 2.24) is 9.13 Å². The van der Waals surface area contributed by atoms with Crippen molar-refractivity contribution in [3.8, 4) is 0 Å². The monoisotopic (exact) mass is 560 g/mol. The molecule has 5 rings (SSSR count). The lowest BCUT2D eigenvalue weighted by atomic mass is 10.0. The highest BCUT2D eigenvalue weighted by Crippen LogP contribution is 2.34. The van der Waals surface area contributed by atoms with Crippen molar-refractivity contribution in [2.24, 2.45) is 0 Å². The van der Waals surface area contributed by atoms with E-state index in [1.54, 1.807) is 30.3 Å². The van der Waals surface area contributed by atoms with Gasteiger partial charge >= 0.3 is 5.69 Å². The van der Waals surface area contributed by atoms with E-state index in [0.29, 0.717) is 17.6 Å². The van der Waals surface area contributed by atoms with Gasteiger partial charge in [0.25, 0.3) is 11.5 Å². The maximum atomic E-state index is 13.3. The Kier molecular flexibility index (Phi) is 6.28. The molecule has 2 aliphatic rings. The normalized spacial score (nSPS) is 24.8. The minimum Gasteiger partial charge on any atom is -0.371 e. The number of rotatable bonds is 3. The molecule has 170 valence electrons. The molecule has 0 spiro atoms. The zero-order valence-electron chi connectivity index (χ0n) is 17.5. The first-order chi connectivity index (χ1) is 16.0. The summed E-state index contributed by atoms with van der Waals surface area (Å²) in [6, 6.07) is 17.5. The second-order valence-electron chi connectivity index (χ2n) is 7.99. The predicted octanol–water partition coefficient (Wildman–Crippen LogP) is 2.75. The fraction of sp³-hybridized carbons (Fsp3) is 0.292. The number of halogens is 1. The summed E-state index contributed by atoms with van der Waals surface area (Å²) in [5.41, 5.74) is -0.143. The number of hydrogen-bond acceptors (Lipinski definition) is 6. The third-order valence-electron chi connectivity index (χ3n) is 5.89. The Hall–Kier alpha value is -2.60. The van der Waals surface area contributed by atoms with Crippen LogP contribution in [0.5, 0.6) is 0 Å². The fourth-order valence-electron chi connectivity index (χ4n) is 4.18. The number of hydrogen-bond donors (Lipinski definition) is 0. The molecule has 0 N–H and O–H groups in total. The fourth-order valence-corrected chi connectivity index (χ4v) is 4.72. The van der Waals surface area contributed by atoms with Crippen LogP contribution >= 0.6 is 22.6 Å². The number of carbonyl (C=O) groups excluding carboxylic acids is 1. The molecule has 4 atom stereocenters. The van der Waals surface area contributed by atoms with Crippen molar-refractivity contribution in [2.45, 2.75) is 31.0 Å². The molecule has 1 aromatic heterocycles. The van der Waals surface area contributed by atoms with E-state index in [-0.39, 0.29) is 27.9 Å². The van der Waals surface area contributed by atoms with Gasteiger partial charge in [-0.25, -0.2) is 4.79 Å². The van der Waals surface area contributed by atoms with E-state index in [4.69, 9.17) is 14.2 Å². The Morgan fingerprint density at radius 1 is 0.909 bits per heavy atom. The van der Waals surface area contributed by atoms with Gasteiger partial charge in [-0.05, 0) is 41.1 Å². The first kappa shape index (κ1) is 22.2. The van der Waals surface area contributed by atoms with Crippen molar-refractivity contribution in [1.29, 1.82) is 0 Å². The van der Waals surface area contributed by atoms with E-state index >= 15 is 0 Å². The van der Waals surface area contributed by atoms with Gasteiger partial charge in [-0.1, -0.05) is 48.5 Å². The Labute approximate surface area is 202 Å². The summed E-state index contributed by atoms with van der Waals surface area (Å²) in [7, 11) is 0. The largest absolute Gasteiger partial charge is 0.371 e. The molecule has 0 amide bonds. The second-order valence-corrected chi connectivity index (χ2v) is 9.15. The van der Waals surface area contributed by atoms with Crippen molar-refractivity contribution in [3.63, 3.8) is 0 Å². The molecule has 3 heterocycles. The Balaban J connectivity index is 1.44. The third kappa shape index (κ3) is 4.33. The minimum absolute atomic E-state index is 0.243. The lowest BCUT2D eigenvalue weighted by molar-refractivity contribution is -0.282. The molecule has 2 fully saturated rings. The molecule has 9 heteroatoms. The highest BCUT2D eigenvalue weighted by atomic mass is 127. The third-order valence-corrected chi connectivity index (χ3v) is 6.63. The smallest absolute Gasteiger partial charge is 0.338 e. The molecule has 2 aliphatic heterocycles. The summed E-state index contributed by atoms with van der Waals surface area (Å²) in [6.07, 6.45) is 0.929. The second kappa shape index (κ2) is 9.34. The maximum Gasteiger partial charge on any atom is 0.338 e. The summed E-state index contributed by atoms with van der Waals surface area (Å²) < 4.78 is 20.3. The molecule has 33 heavy (non-hydrogen) atoms. The topological polar surface area (TPSA) is 88.8 Å². The lowest BCUT2D eigenvalue weighted by Gasteiger charge is -2.42. The lowest BCUT2D eigenvalue weighted by Crippen LogP contribution is -2.51. The van der Waals surface area contributed by atoms with Gasteiger partial charge in [0.05, 0.1) is 28.9 Å². The molecule has 0 aliphatic carbocycles. The minimum atomic E-state index is -0.687. The van der Waals surface area contributed by atoms with Crippen LogP contribution in [0.25, 0.3) is 0 Å². The Morgan fingerprint density at radius 3 is 2.33 bits per heavy atom. The average Bonchev–Trinajstić information content (AvgIpc) is 2.86. The van der Waals surface area contributed by atoms with Crippen LogP contribution in [0.4, 0.5) is 0 Å². The van der Waals surface area contributed by atoms with Gasteiger partial charge in [0.2, 0.25) is 0 Å². The highest BCUT2D eigenvalue weighted by Gasteiger charge is 2.39. The molecule has 1 unspecified atom stereocenters. The summed E-state index contributed by atoms with van der Waals surface area (Å²) in [5.74, 6) is -0.654. The van der Waals surface area contributed by atoms with Crippen LogP contribution in [-0.2, 0) is 14.2 Å². The Bertz CT molecular complexity index is 1270. The molecule has 0 radical (unpaired) electrons. The van der Waals surface area contributed by atoms with Crippen LogP contribution in [0.1, 0.15) is 34.7 Å². The van der Waals surface area contributed by atoms with Crippen LogP contribution < -0.4 is 11.2 Å². The summed E-state index contributed by atoms with van der Waals surface area (Å²) >= 11 is 1.85. The van der Waals surface area contributed by atoms with E-state index in [0.717, 1.165) is 5.56 Å². The molecule has 2 aromatic carbocycles. The number of ether oxygens (including phenoxy) is 3. The van der Waals surface area contributed by atoms with E-state index in [9.17, 15) is 14.4 Å². The molecule has 8 nitrogen and oxygen atoms in total. The van der Waals surface area contributed by atoms with E-state index < -0.39 is 29.5 Å².